The number of nitrogens with two attached hydrogens (primary N) is 1. The van der Waals surface area contributed by atoms with Gasteiger partial charge < -0.3 is 10.6 Å². The summed E-state index contributed by atoms with van der Waals surface area (Å²) in [4.78, 5) is 19.1. The van der Waals surface area contributed by atoms with E-state index in [0.717, 1.165) is 34.7 Å². The molecule has 1 spiro atoms. The number of hydrogen-bond acceptors (Lipinski definition) is 6. The molecular weight excluding hydrogens is 494 g/mol. The fourth-order valence-electron chi connectivity index (χ4n) is 6.58. The molecule has 0 saturated carbocycles. The van der Waals surface area contributed by atoms with Gasteiger partial charge in [0.2, 0.25) is 0 Å². The van der Waals surface area contributed by atoms with E-state index in [9.17, 15) is 0 Å². The Hall–Kier alpha value is -3.81. The Morgan fingerprint density at radius 1 is 1.00 bits per heavy atom. The number of hydrogen-bond donors (Lipinski definition) is 1. The number of piperidine rings is 1. The second kappa shape index (κ2) is 9.39. The molecule has 7 heteroatoms. The predicted octanol–water partition coefficient (Wildman–Crippen LogP) is 5.57. The Kier molecular flexibility index (Phi) is 5.91. The van der Waals surface area contributed by atoms with Gasteiger partial charge >= 0.3 is 0 Å². The van der Waals surface area contributed by atoms with E-state index in [2.05, 4.69) is 88.8 Å². The zero-order valence-corrected chi connectivity index (χ0v) is 23.6. The number of fused-ring (bicyclic) bond motifs is 1. The fourth-order valence-corrected chi connectivity index (χ4v) is 6.58. The molecule has 0 amide bonds. The lowest BCUT2D eigenvalue weighted by Gasteiger charge is -2.54. The van der Waals surface area contributed by atoms with Crippen molar-refractivity contribution in [3.05, 3.63) is 84.2 Å². The van der Waals surface area contributed by atoms with Crippen molar-refractivity contribution in [3.63, 3.8) is 0 Å². The summed E-state index contributed by atoms with van der Waals surface area (Å²) in [5, 5.41) is 0. The molecule has 0 atom stereocenters. The third-order valence-electron chi connectivity index (χ3n) is 8.91. The van der Waals surface area contributed by atoms with Gasteiger partial charge in [-0.05, 0) is 79.9 Å². The number of aromatic nitrogens is 4. The maximum Gasteiger partial charge on any atom is 0.178 e. The van der Waals surface area contributed by atoms with Gasteiger partial charge in [0.25, 0.3) is 0 Å². The minimum Gasteiger partial charge on any atom is -0.383 e. The molecule has 204 valence electrons. The van der Waals surface area contributed by atoms with Crippen LogP contribution in [0.4, 0.5) is 5.82 Å². The number of imidazole rings is 1. The van der Waals surface area contributed by atoms with E-state index >= 15 is 0 Å². The van der Waals surface area contributed by atoms with Gasteiger partial charge in [-0.25, -0.2) is 15.0 Å². The number of pyridine rings is 2. The van der Waals surface area contributed by atoms with E-state index in [1.54, 1.807) is 6.20 Å². The summed E-state index contributed by atoms with van der Waals surface area (Å²) in [6, 6.07) is 15.0. The molecule has 40 heavy (non-hydrogen) atoms. The molecule has 0 bridgehead atoms. The quantitative estimate of drug-likeness (QED) is 0.363. The standard InChI is InChI=1S/C33H37N7/c1-32(2)11-10-24(18-32)25-17-28-30(36-19-25)37-31(27-5-4-14-35-29(27)34)40(28)26-8-6-23(7-9-26)20-39-21-33(22-39)12-15-38(3)16-13-33/h4-11,14,17-19H,12-13,15-16,20-22H2,1-3H3,(H2,34,35). The maximum atomic E-state index is 6.34. The van der Waals surface area contributed by atoms with E-state index in [0.29, 0.717) is 16.9 Å². The summed E-state index contributed by atoms with van der Waals surface area (Å²) in [6.45, 7) is 10.3. The molecule has 4 aromatic rings. The minimum atomic E-state index is 0.0408. The molecule has 7 nitrogen and oxygen atoms in total. The largest absolute Gasteiger partial charge is 0.383 e. The Labute approximate surface area is 236 Å². The first-order valence-electron chi connectivity index (χ1n) is 14.3. The van der Waals surface area contributed by atoms with E-state index < -0.39 is 0 Å². The normalized spacial score (nSPS) is 20.2. The molecule has 7 rings (SSSR count). The maximum absolute atomic E-state index is 6.34. The average Bonchev–Trinajstić information content (AvgIpc) is 3.49. The molecule has 0 radical (unpaired) electrons. The van der Waals surface area contributed by atoms with Gasteiger partial charge in [0.15, 0.2) is 11.5 Å². The van der Waals surface area contributed by atoms with Crippen molar-refractivity contribution in [1.82, 2.24) is 29.3 Å². The molecular formula is C33H37N7. The molecule has 1 aromatic carbocycles. The first-order valence-corrected chi connectivity index (χ1v) is 14.3. The van der Waals surface area contributed by atoms with Crippen LogP contribution in [0, 0.1) is 10.8 Å². The summed E-state index contributed by atoms with van der Waals surface area (Å²) in [5.41, 5.74) is 14.0. The van der Waals surface area contributed by atoms with Gasteiger partial charge in [0.1, 0.15) is 5.82 Å². The highest BCUT2D eigenvalue weighted by Gasteiger charge is 2.43. The van der Waals surface area contributed by atoms with Crippen molar-refractivity contribution in [3.8, 4) is 17.1 Å². The molecule has 2 aliphatic heterocycles. The summed E-state index contributed by atoms with van der Waals surface area (Å²) in [5.74, 6) is 1.21. The van der Waals surface area contributed by atoms with Gasteiger partial charge in [0.05, 0.1) is 11.1 Å². The minimum absolute atomic E-state index is 0.0408. The number of nitrogens with zero attached hydrogens (tertiary/aromatic N) is 6. The molecule has 2 fully saturated rings. The Bertz CT molecular complexity index is 1630. The van der Waals surface area contributed by atoms with Crippen molar-refractivity contribution in [1.29, 1.82) is 0 Å². The number of nitrogen functional groups attached to an aromatic ring is 1. The second-order valence-corrected chi connectivity index (χ2v) is 12.6. The number of rotatable bonds is 5. The van der Waals surface area contributed by atoms with Gasteiger partial charge in [-0.3, -0.25) is 9.47 Å². The fraction of sp³-hybridized carbons (Fsp3) is 0.364. The van der Waals surface area contributed by atoms with Gasteiger partial charge in [-0.1, -0.05) is 44.2 Å². The zero-order chi connectivity index (χ0) is 27.5. The van der Waals surface area contributed by atoms with Crippen molar-refractivity contribution in [2.75, 3.05) is 39.0 Å². The Balaban J connectivity index is 1.22. The number of anilines is 1. The Morgan fingerprint density at radius 3 is 2.48 bits per heavy atom. The number of allylic oxidation sites excluding steroid dienone is 4. The summed E-state index contributed by atoms with van der Waals surface area (Å²) < 4.78 is 2.17. The smallest absolute Gasteiger partial charge is 0.178 e. The molecule has 5 heterocycles. The molecule has 2 N–H and O–H groups in total. The monoisotopic (exact) mass is 531 g/mol. The number of likely N-dealkylation sites (tertiary alicyclic amines) is 2. The first kappa shape index (κ1) is 25.2. The van der Waals surface area contributed by atoms with E-state index in [1.165, 1.54) is 50.2 Å². The van der Waals surface area contributed by atoms with E-state index in [-0.39, 0.29) is 5.41 Å². The first-order chi connectivity index (χ1) is 19.3. The van der Waals surface area contributed by atoms with Crippen LogP contribution in [0.2, 0.25) is 0 Å². The van der Waals surface area contributed by atoms with Crippen molar-refractivity contribution in [2.45, 2.75) is 33.2 Å². The highest BCUT2D eigenvalue weighted by atomic mass is 15.2. The van der Waals surface area contributed by atoms with Crippen LogP contribution in [-0.4, -0.2) is 62.5 Å². The Morgan fingerprint density at radius 2 is 1.77 bits per heavy atom. The van der Waals surface area contributed by atoms with Crippen molar-refractivity contribution >= 4 is 22.6 Å². The van der Waals surface area contributed by atoms with Crippen LogP contribution < -0.4 is 5.73 Å². The molecule has 1 aliphatic carbocycles. The lowest BCUT2D eigenvalue weighted by atomic mass is 9.72. The van der Waals surface area contributed by atoms with Crippen LogP contribution in [0.1, 0.15) is 37.8 Å². The van der Waals surface area contributed by atoms with E-state index in [1.807, 2.05) is 18.3 Å². The number of benzene rings is 1. The molecule has 3 aliphatic rings. The van der Waals surface area contributed by atoms with Crippen molar-refractivity contribution in [2.24, 2.45) is 10.8 Å². The average molecular weight is 532 g/mol. The van der Waals surface area contributed by atoms with Crippen LogP contribution >= 0.6 is 0 Å². The highest BCUT2D eigenvalue weighted by molar-refractivity contribution is 5.87. The van der Waals surface area contributed by atoms with Crippen LogP contribution in [0.5, 0.6) is 0 Å². The highest BCUT2D eigenvalue weighted by Crippen LogP contribution is 2.41. The van der Waals surface area contributed by atoms with E-state index in [4.69, 9.17) is 15.7 Å². The van der Waals surface area contributed by atoms with Crippen LogP contribution in [-0.2, 0) is 6.54 Å². The third kappa shape index (κ3) is 4.53. The van der Waals surface area contributed by atoms with Crippen molar-refractivity contribution < 1.29 is 0 Å². The van der Waals surface area contributed by atoms with Gasteiger partial charge in [0, 0.05) is 48.7 Å². The second-order valence-electron chi connectivity index (χ2n) is 12.6. The van der Waals surface area contributed by atoms with Crippen LogP contribution in [0.25, 0.3) is 33.8 Å². The molecule has 2 saturated heterocycles. The lowest BCUT2D eigenvalue weighted by Crippen LogP contribution is -2.59. The summed E-state index contributed by atoms with van der Waals surface area (Å²) >= 11 is 0. The van der Waals surface area contributed by atoms with Gasteiger partial charge in [-0.15, -0.1) is 0 Å². The predicted molar refractivity (Wildman–Crippen MR) is 162 cm³/mol. The van der Waals surface area contributed by atoms with Crippen LogP contribution in [0.3, 0.4) is 0 Å². The SMILES string of the molecule is CN1CCC2(CC1)CN(Cc1ccc(-n3c(-c4cccnc4N)nc4ncc(C5=CC(C)(C)C=C5)cc43)cc1)C2. The van der Waals surface area contributed by atoms with Crippen LogP contribution in [0.15, 0.2) is 73.1 Å². The zero-order valence-electron chi connectivity index (χ0n) is 23.6. The topological polar surface area (TPSA) is 76.1 Å². The molecule has 3 aromatic heterocycles. The van der Waals surface area contributed by atoms with Gasteiger partial charge in [-0.2, -0.15) is 0 Å². The summed E-state index contributed by atoms with van der Waals surface area (Å²) in [6.07, 6.45) is 13.0. The lowest BCUT2D eigenvalue weighted by molar-refractivity contribution is -0.0470. The third-order valence-corrected chi connectivity index (χ3v) is 8.91. The summed E-state index contributed by atoms with van der Waals surface area (Å²) in [7, 11) is 2.24. The molecule has 0 unspecified atom stereocenters.